The van der Waals surface area contributed by atoms with E-state index >= 15 is 0 Å². The van der Waals surface area contributed by atoms with Crippen molar-refractivity contribution in [2.45, 2.75) is 33.2 Å². The lowest BCUT2D eigenvalue weighted by Crippen LogP contribution is -2.36. The monoisotopic (exact) mass is 386 g/mol. The molecule has 1 aromatic heterocycles. The lowest BCUT2D eigenvalue weighted by molar-refractivity contribution is 0.0977. The number of aryl methyl sites for hydroxylation is 1. The molecule has 0 spiro atoms. The van der Waals surface area contributed by atoms with E-state index in [1.807, 2.05) is 49.4 Å². The smallest absolute Gasteiger partial charge is 0.257 e. The summed E-state index contributed by atoms with van der Waals surface area (Å²) in [5.74, 6) is 0.636. The van der Waals surface area contributed by atoms with Gasteiger partial charge in [-0.15, -0.1) is 0 Å². The largest absolute Gasteiger partial charge is 0.326 e. The maximum atomic E-state index is 12.7. The molecule has 0 atom stereocenters. The van der Waals surface area contributed by atoms with Crippen LogP contribution in [0.1, 0.15) is 46.9 Å². The number of nitrogens with one attached hydrogen (secondary N) is 2. The summed E-state index contributed by atoms with van der Waals surface area (Å²) in [6.45, 7) is 6.67. The predicted octanol–water partition coefficient (Wildman–Crippen LogP) is 4.91. The van der Waals surface area contributed by atoms with Crippen LogP contribution in [0.15, 0.2) is 77.9 Å². The number of carbonyl (C=O) groups excluding carboxylic acids is 1. The van der Waals surface area contributed by atoms with Crippen LogP contribution < -0.4 is 10.6 Å². The summed E-state index contributed by atoms with van der Waals surface area (Å²) in [4.78, 5) is 21.5. The molecule has 0 radical (unpaired) electrons. The minimum absolute atomic E-state index is 0.212. The van der Waals surface area contributed by atoms with Crippen molar-refractivity contribution in [2.24, 2.45) is 4.99 Å². The average Bonchev–Trinajstić information content (AvgIpc) is 2.73. The molecule has 0 unspecified atom stereocenters. The molecular weight excluding hydrogens is 360 g/mol. The van der Waals surface area contributed by atoms with Crippen LogP contribution in [0, 0.1) is 6.92 Å². The Hall–Kier alpha value is -3.47. The van der Waals surface area contributed by atoms with Crippen LogP contribution in [-0.4, -0.2) is 16.9 Å². The van der Waals surface area contributed by atoms with Gasteiger partial charge in [-0.3, -0.25) is 15.1 Å². The topological polar surface area (TPSA) is 66.4 Å². The van der Waals surface area contributed by atoms with Gasteiger partial charge in [0.05, 0.1) is 12.2 Å². The number of guanidine groups is 1. The lowest BCUT2D eigenvalue weighted by atomic mass is 10.0. The van der Waals surface area contributed by atoms with Crippen molar-refractivity contribution in [3.8, 4) is 0 Å². The number of aliphatic imine (C=N–C) groups is 1. The third-order valence-electron chi connectivity index (χ3n) is 4.51. The van der Waals surface area contributed by atoms with Gasteiger partial charge < -0.3 is 5.32 Å². The molecule has 0 aliphatic rings. The highest BCUT2D eigenvalue weighted by Gasteiger charge is 2.10. The van der Waals surface area contributed by atoms with Crippen LogP contribution in [0.25, 0.3) is 0 Å². The van der Waals surface area contributed by atoms with Crippen LogP contribution in [0.4, 0.5) is 5.69 Å². The molecule has 3 aromatic rings. The molecule has 0 aliphatic carbocycles. The Kier molecular flexibility index (Phi) is 6.74. The van der Waals surface area contributed by atoms with Crippen molar-refractivity contribution in [1.82, 2.24) is 10.3 Å². The fourth-order valence-electron chi connectivity index (χ4n) is 2.73. The van der Waals surface area contributed by atoms with Crippen LogP contribution in [-0.2, 0) is 6.54 Å². The van der Waals surface area contributed by atoms with Gasteiger partial charge in [-0.05, 0) is 54.8 Å². The molecule has 148 valence electrons. The molecule has 1 amide bonds. The van der Waals surface area contributed by atoms with Gasteiger partial charge in [0.15, 0.2) is 0 Å². The SMILES string of the molecule is Cc1ccc(C(=O)NC(=NCc2ccccn2)Nc2ccc(C(C)C)cc2)cc1. The number of pyridine rings is 1. The van der Waals surface area contributed by atoms with E-state index in [1.165, 1.54) is 5.56 Å². The van der Waals surface area contributed by atoms with E-state index < -0.39 is 0 Å². The molecule has 2 aromatic carbocycles. The van der Waals surface area contributed by atoms with Crippen molar-refractivity contribution in [3.63, 3.8) is 0 Å². The fraction of sp³-hybridized carbons (Fsp3) is 0.208. The maximum absolute atomic E-state index is 12.7. The molecular formula is C24H26N4O. The van der Waals surface area contributed by atoms with Gasteiger partial charge in [-0.25, -0.2) is 4.99 Å². The number of anilines is 1. The van der Waals surface area contributed by atoms with E-state index in [-0.39, 0.29) is 5.91 Å². The van der Waals surface area contributed by atoms with Gasteiger partial charge in [-0.1, -0.05) is 49.7 Å². The Morgan fingerprint density at radius 2 is 1.72 bits per heavy atom. The fourth-order valence-corrected chi connectivity index (χ4v) is 2.73. The number of aromatic nitrogens is 1. The van der Waals surface area contributed by atoms with E-state index in [4.69, 9.17) is 0 Å². The van der Waals surface area contributed by atoms with Crippen LogP contribution in [0.5, 0.6) is 0 Å². The van der Waals surface area contributed by atoms with Crippen LogP contribution in [0.3, 0.4) is 0 Å². The van der Waals surface area contributed by atoms with E-state index in [0.29, 0.717) is 24.0 Å². The van der Waals surface area contributed by atoms with Gasteiger partial charge in [0.25, 0.3) is 5.91 Å². The van der Waals surface area contributed by atoms with Gasteiger partial charge in [0.2, 0.25) is 5.96 Å². The predicted molar refractivity (Wildman–Crippen MR) is 118 cm³/mol. The Labute approximate surface area is 171 Å². The summed E-state index contributed by atoms with van der Waals surface area (Å²) in [6, 6.07) is 21.2. The van der Waals surface area contributed by atoms with Gasteiger partial charge in [0.1, 0.15) is 0 Å². The third kappa shape index (κ3) is 6.01. The second kappa shape index (κ2) is 9.64. The standard InChI is InChI=1S/C24H26N4O/c1-17(2)19-11-13-21(14-12-19)27-24(26-16-22-6-4-5-15-25-22)28-23(29)20-9-7-18(3)8-10-20/h4-15,17H,16H2,1-3H3,(H2,26,27,28,29). The Morgan fingerprint density at radius 1 is 1.00 bits per heavy atom. The van der Waals surface area contributed by atoms with Crippen molar-refractivity contribution >= 4 is 17.6 Å². The molecule has 0 bridgehead atoms. The summed E-state index contributed by atoms with van der Waals surface area (Å²) >= 11 is 0. The van der Waals surface area contributed by atoms with Crippen LogP contribution >= 0.6 is 0 Å². The van der Waals surface area contributed by atoms with E-state index in [0.717, 1.165) is 16.9 Å². The lowest BCUT2D eigenvalue weighted by Gasteiger charge is -2.13. The highest BCUT2D eigenvalue weighted by molar-refractivity contribution is 6.09. The first kappa shape index (κ1) is 20.3. The molecule has 3 rings (SSSR count). The van der Waals surface area contributed by atoms with Gasteiger partial charge >= 0.3 is 0 Å². The Balaban J connectivity index is 1.78. The highest BCUT2D eigenvalue weighted by Crippen LogP contribution is 2.17. The number of amides is 1. The van der Waals surface area contributed by atoms with Crippen molar-refractivity contribution < 1.29 is 4.79 Å². The number of carbonyl (C=O) groups is 1. The quantitative estimate of drug-likeness (QED) is 0.483. The molecule has 0 saturated heterocycles. The number of hydrogen-bond donors (Lipinski definition) is 2. The van der Waals surface area contributed by atoms with Crippen LogP contribution in [0.2, 0.25) is 0 Å². The van der Waals surface area contributed by atoms with Gasteiger partial charge in [0, 0.05) is 17.4 Å². The number of rotatable bonds is 5. The average molecular weight is 386 g/mol. The molecule has 5 nitrogen and oxygen atoms in total. The van der Waals surface area contributed by atoms with E-state index in [9.17, 15) is 4.79 Å². The number of benzene rings is 2. The molecule has 5 heteroatoms. The molecule has 29 heavy (non-hydrogen) atoms. The first-order valence-electron chi connectivity index (χ1n) is 9.70. The summed E-state index contributed by atoms with van der Waals surface area (Å²) < 4.78 is 0. The summed E-state index contributed by atoms with van der Waals surface area (Å²) in [6.07, 6.45) is 1.73. The highest BCUT2D eigenvalue weighted by atomic mass is 16.1. The molecule has 1 heterocycles. The normalized spacial score (nSPS) is 11.4. The first-order chi connectivity index (χ1) is 14.0. The maximum Gasteiger partial charge on any atom is 0.257 e. The van der Waals surface area contributed by atoms with E-state index in [1.54, 1.807) is 18.3 Å². The summed E-state index contributed by atoms with van der Waals surface area (Å²) in [5.41, 5.74) is 4.63. The number of nitrogens with zero attached hydrogens (tertiary/aromatic N) is 2. The minimum Gasteiger partial charge on any atom is -0.326 e. The second-order valence-corrected chi connectivity index (χ2v) is 7.21. The Morgan fingerprint density at radius 3 is 2.34 bits per heavy atom. The number of hydrogen-bond acceptors (Lipinski definition) is 3. The second-order valence-electron chi connectivity index (χ2n) is 7.21. The first-order valence-corrected chi connectivity index (χ1v) is 9.70. The zero-order valence-corrected chi connectivity index (χ0v) is 17.0. The molecule has 0 aliphatic heterocycles. The molecule has 0 fully saturated rings. The zero-order valence-electron chi connectivity index (χ0n) is 17.0. The molecule has 0 saturated carbocycles. The van der Waals surface area contributed by atoms with Crippen molar-refractivity contribution in [3.05, 3.63) is 95.3 Å². The van der Waals surface area contributed by atoms with Crippen molar-refractivity contribution in [2.75, 3.05) is 5.32 Å². The van der Waals surface area contributed by atoms with Crippen molar-refractivity contribution in [1.29, 1.82) is 0 Å². The van der Waals surface area contributed by atoms with Gasteiger partial charge in [-0.2, -0.15) is 0 Å². The zero-order chi connectivity index (χ0) is 20.6. The minimum atomic E-state index is -0.212. The molecule has 2 N–H and O–H groups in total. The Bertz CT molecular complexity index is 962. The third-order valence-corrected chi connectivity index (χ3v) is 4.51. The van der Waals surface area contributed by atoms with E-state index in [2.05, 4.69) is 46.6 Å². The summed E-state index contributed by atoms with van der Waals surface area (Å²) in [5, 5.41) is 6.10. The summed E-state index contributed by atoms with van der Waals surface area (Å²) in [7, 11) is 0.